The third-order valence-electron chi connectivity index (χ3n) is 9.46. The zero-order chi connectivity index (χ0) is 32.3. The second kappa shape index (κ2) is 10.9. The van der Waals surface area contributed by atoms with Crippen molar-refractivity contribution in [3.05, 3.63) is 164 Å². The van der Waals surface area contributed by atoms with E-state index in [-0.39, 0.29) is 0 Å². The highest BCUT2D eigenvalue weighted by atomic mass is 15.0. The van der Waals surface area contributed by atoms with Crippen molar-refractivity contribution < 1.29 is 0 Å². The fourth-order valence-corrected chi connectivity index (χ4v) is 7.22. The SMILES string of the molecule is c1ccc(-c2cc(-c3ccc4ccc5c(-c6c(-c7ccccn7)nc7ccccn67)ccc6ccc3c4c65)nc(-c3ccccc3)n2)cc1. The van der Waals surface area contributed by atoms with E-state index in [0.717, 1.165) is 61.8 Å². The van der Waals surface area contributed by atoms with Gasteiger partial charge in [-0.2, -0.15) is 0 Å². The maximum Gasteiger partial charge on any atom is 0.160 e. The quantitative estimate of drug-likeness (QED) is 0.179. The molecule has 49 heavy (non-hydrogen) atoms. The first-order valence-corrected chi connectivity index (χ1v) is 16.4. The Bertz CT molecular complexity index is 2750. The van der Waals surface area contributed by atoms with Gasteiger partial charge in [0.25, 0.3) is 0 Å². The molecule has 0 radical (unpaired) electrons. The smallest absolute Gasteiger partial charge is 0.160 e. The van der Waals surface area contributed by atoms with Gasteiger partial charge in [0.05, 0.1) is 22.8 Å². The third kappa shape index (κ3) is 4.40. The number of hydrogen-bond acceptors (Lipinski definition) is 4. The zero-order valence-corrected chi connectivity index (χ0v) is 26.3. The Hall–Kier alpha value is -6.72. The van der Waals surface area contributed by atoms with Crippen LogP contribution in [0.25, 0.3) is 94.5 Å². The maximum atomic E-state index is 5.19. The Morgan fingerprint density at radius 1 is 0.449 bits per heavy atom. The molecule has 4 heterocycles. The normalized spacial score (nSPS) is 11.7. The molecule has 0 aliphatic carbocycles. The van der Waals surface area contributed by atoms with Gasteiger partial charge in [-0.05, 0) is 62.6 Å². The first-order valence-electron chi connectivity index (χ1n) is 16.4. The van der Waals surface area contributed by atoms with Crippen molar-refractivity contribution in [1.29, 1.82) is 0 Å². The van der Waals surface area contributed by atoms with Crippen LogP contribution < -0.4 is 0 Å². The minimum absolute atomic E-state index is 0.708. The van der Waals surface area contributed by atoms with Gasteiger partial charge in [0.15, 0.2) is 5.82 Å². The second-order valence-electron chi connectivity index (χ2n) is 12.3. The van der Waals surface area contributed by atoms with Crippen LogP contribution in [0, 0.1) is 0 Å². The molecule has 228 valence electrons. The lowest BCUT2D eigenvalue weighted by molar-refractivity contribution is 1.18. The number of benzene rings is 6. The summed E-state index contributed by atoms with van der Waals surface area (Å²) in [6.07, 6.45) is 3.91. The molecule has 10 aromatic rings. The van der Waals surface area contributed by atoms with Gasteiger partial charge in [-0.1, -0.05) is 121 Å². The Labute approximate surface area is 282 Å². The molecule has 5 nitrogen and oxygen atoms in total. The maximum absolute atomic E-state index is 5.19. The summed E-state index contributed by atoms with van der Waals surface area (Å²) in [4.78, 5) is 20.0. The van der Waals surface area contributed by atoms with Crippen LogP contribution in [0.4, 0.5) is 0 Å². The Kier molecular flexibility index (Phi) is 6.11. The van der Waals surface area contributed by atoms with Crippen LogP contribution in [0.3, 0.4) is 0 Å². The number of rotatable bonds is 5. The molecule has 0 fully saturated rings. The molecule has 0 N–H and O–H groups in total. The Morgan fingerprint density at radius 2 is 1.08 bits per heavy atom. The summed E-state index contributed by atoms with van der Waals surface area (Å²) < 4.78 is 2.18. The van der Waals surface area contributed by atoms with Crippen LogP contribution in [0.2, 0.25) is 0 Å². The van der Waals surface area contributed by atoms with E-state index in [1.807, 2.05) is 60.8 Å². The number of nitrogens with zero attached hydrogens (tertiary/aromatic N) is 5. The highest BCUT2D eigenvalue weighted by Crippen LogP contribution is 2.44. The van der Waals surface area contributed by atoms with E-state index in [0.29, 0.717) is 5.82 Å². The van der Waals surface area contributed by atoms with Crippen LogP contribution in [0.15, 0.2) is 164 Å². The number of hydrogen-bond donors (Lipinski definition) is 0. The van der Waals surface area contributed by atoms with E-state index in [4.69, 9.17) is 19.9 Å². The molecule has 6 aromatic carbocycles. The average Bonchev–Trinajstić information content (AvgIpc) is 3.57. The molecule has 0 amide bonds. The van der Waals surface area contributed by atoms with E-state index in [1.54, 1.807) is 0 Å². The van der Waals surface area contributed by atoms with Crippen molar-refractivity contribution in [3.8, 4) is 56.5 Å². The minimum atomic E-state index is 0.708. The predicted octanol–water partition coefficient (Wildman–Crippen LogP) is 10.8. The number of aromatic nitrogens is 5. The van der Waals surface area contributed by atoms with Crippen molar-refractivity contribution in [1.82, 2.24) is 24.3 Å². The summed E-state index contributed by atoms with van der Waals surface area (Å²) in [5.74, 6) is 0.708. The topological polar surface area (TPSA) is 56.0 Å². The lowest BCUT2D eigenvalue weighted by Gasteiger charge is -2.17. The summed E-state index contributed by atoms with van der Waals surface area (Å²) in [5.41, 5.74) is 9.66. The van der Waals surface area contributed by atoms with E-state index in [2.05, 4.69) is 108 Å². The molecule has 0 bridgehead atoms. The largest absolute Gasteiger partial charge is 0.299 e. The fraction of sp³-hybridized carbons (Fsp3) is 0. The number of pyridine rings is 2. The minimum Gasteiger partial charge on any atom is -0.299 e. The van der Waals surface area contributed by atoms with Crippen molar-refractivity contribution in [2.75, 3.05) is 0 Å². The lowest BCUT2D eigenvalue weighted by Crippen LogP contribution is -1.97. The molecule has 0 saturated heterocycles. The van der Waals surface area contributed by atoms with Gasteiger partial charge in [0.2, 0.25) is 0 Å². The van der Waals surface area contributed by atoms with Crippen molar-refractivity contribution in [3.63, 3.8) is 0 Å². The van der Waals surface area contributed by atoms with E-state index in [1.165, 1.54) is 26.9 Å². The lowest BCUT2D eigenvalue weighted by atomic mass is 9.88. The van der Waals surface area contributed by atoms with Crippen LogP contribution in [0.1, 0.15) is 0 Å². The van der Waals surface area contributed by atoms with Crippen LogP contribution >= 0.6 is 0 Å². The van der Waals surface area contributed by atoms with Gasteiger partial charge in [0, 0.05) is 34.6 Å². The van der Waals surface area contributed by atoms with Crippen molar-refractivity contribution in [2.45, 2.75) is 0 Å². The first-order chi connectivity index (χ1) is 24.3. The molecule has 0 spiro atoms. The molecular weight excluding hydrogens is 599 g/mol. The van der Waals surface area contributed by atoms with Gasteiger partial charge in [-0.15, -0.1) is 0 Å². The number of imidazole rings is 1. The zero-order valence-electron chi connectivity index (χ0n) is 26.3. The van der Waals surface area contributed by atoms with Crippen LogP contribution in [0.5, 0.6) is 0 Å². The monoisotopic (exact) mass is 625 g/mol. The second-order valence-corrected chi connectivity index (χ2v) is 12.3. The molecule has 0 aliphatic rings. The Morgan fingerprint density at radius 3 is 1.82 bits per heavy atom. The van der Waals surface area contributed by atoms with Crippen LogP contribution in [-0.2, 0) is 0 Å². The van der Waals surface area contributed by atoms with E-state index >= 15 is 0 Å². The highest BCUT2D eigenvalue weighted by molar-refractivity contribution is 6.27. The summed E-state index contributed by atoms with van der Waals surface area (Å²) in [7, 11) is 0. The van der Waals surface area contributed by atoms with Crippen LogP contribution in [-0.4, -0.2) is 24.3 Å². The van der Waals surface area contributed by atoms with Gasteiger partial charge in [-0.3, -0.25) is 9.38 Å². The molecule has 0 aliphatic heterocycles. The fourth-order valence-electron chi connectivity index (χ4n) is 7.22. The molecule has 5 heteroatoms. The standard InChI is InChI=1S/C44H27N5/c1-3-11-28(12-4-1)37-27-38(47-44(46-37)31-13-5-2-6-14-31)32-21-17-29-19-23-34-35(24-20-30-18-22-33(32)40(29)41(30)34)43-42(36-15-7-9-25-45-36)48-39-16-8-10-26-49(39)43/h1-27H. The highest BCUT2D eigenvalue weighted by Gasteiger charge is 2.21. The van der Waals surface area contributed by atoms with Gasteiger partial charge in [0.1, 0.15) is 11.3 Å². The number of fused-ring (bicyclic) bond motifs is 1. The summed E-state index contributed by atoms with van der Waals surface area (Å²) >= 11 is 0. The van der Waals surface area contributed by atoms with E-state index in [9.17, 15) is 0 Å². The molecule has 0 unspecified atom stereocenters. The van der Waals surface area contributed by atoms with Crippen molar-refractivity contribution in [2.24, 2.45) is 0 Å². The summed E-state index contributed by atoms with van der Waals surface area (Å²) in [6.45, 7) is 0. The van der Waals surface area contributed by atoms with Gasteiger partial charge in [-0.25, -0.2) is 15.0 Å². The summed E-state index contributed by atoms with van der Waals surface area (Å²) in [6, 6.07) is 52.7. The molecule has 0 saturated carbocycles. The van der Waals surface area contributed by atoms with Gasteiger partial charge < -0.3 is 0 Å². The van der Waals surface area contributed by atoms with E-state index < -0.39 is 0 Å². The Balaban J connectivity index is 1.24. The molecule has 10 rings (SSSR count). The third-order valence-corrected chi connectivity index (χ3v) is 9.46. The first kappa shape index (κ1) is 27.4. The molecule has 4 aromatic heterocycles. The summed E-state index contributed by atoms with van der Waals surface area (Å²) in [5, 5.41) is 7.18. The molecular formula is C44H27N5. The molecule has 0 atom stereocenters. The van der Waals surface area contributed by atoms with Crippen molar-refractivity contribution >= 4 is 38.0 Å². The average molecular weight is 626 g/mol. The predicted molar refractivity (Wildman–Crippen MR) is 199 cm³/mol. The van der Waals surface area contributed by atoms with Gasteiger partial charge >= 0.3 is 0 Å².